The van der Waals surface area contributed by atoms with E-state index in [9.17, 15) is 0 Å². The number of nitrogens with one attached hydrogen (secondary N) is 2. The Hall–Kier alpha value is -2.02. The summed E-state index contributed by atoms with van der Waals surface area (Å²) in [6, 6.07) is 1.98. The number of H-pyrrole nitrogens is 1. The van der Waals surface area contributed by atoms with Crippen LogP contribution in [0, 0.1) is 0 Å². The van der Waals surface area contributed by atoms with Crippen molar-refractivity contribution >= 4 is 28.5 Å². The molecule has 6 nitrogen and oxygen atoms in total. The van der Waals surface area contributed by atoms with Crippen LogP contribution in [0.1, 0.15) is 5.69 Å². The van der Waals surface area contributed by atoms with Crippen molar-refractivity contribution in [3.8, 4) is 0 Å². The van der Waals surface area contributed by atoms with Gasteiger partial charge in [-0.25, -0.2) is 15.0 Å². The van der Waals surface area contributed by atoms with Crippen LogP contribution in [0.2, 0.25) is 0 Å². The standard InChI is InChI=1S/C9H8N6S/c1-2-16-15-6(1)3-10-8-7-9(12-4-11-7)14-5-13-8/h1-2,4-5H,3H2,(H2,10,11,12,13,14). The number of imidazole rings is 1. The van der Waals surface area contributed by atoms with Crippen LogP contribution in [0.25, 0.3) is 11.2 Å². The van der Waals surface area contributed by atoms with Crippen molar-refractivity contribution in [3.05, 3.63) is 29.8 Å². The summed E-state index contributed by atoms with van der Waals surface area (Å²) in [5, 5.41) is 5.15. The first kappa shape index (κ1) is 9.22. The number of aromatic nitrogens is 5. The minimum Gasteiger partial charge on any atom is -0.362 e. The van der Waals surface area contributed by atoms with Crippen molar-refractivity contribution in [3.63, 3.8) is 0 Å². The number of aromatic amines is 1. The van der Waals surface area contributed by atoms with Gasteiger partial charge in [0.25, 0.3) is 0 Å². The Morgan fingerprint density at radius 1 is 1.31 bits per heavy atom. The number of nitrogens with zero attached hydrogens (tertiary/aromatic N) is 4. The molecular formula is C9H8N6S. The first-order valence-electron chi connectivity index (χ1n) is 4.71. The predicted octanol–water partition coefficient (Wildman–Crippen LogP) is 1.42. The van der Waals surface area contributed by atoms with Crippen molar-refractivity contribution in [2.45, 2.75) is 6.54 Å². The highest BCUT2D eigenvalue weighted by Crippen LogP contribution is 2.15. The fourth-order valence-electron chi connectivity index (χ4n) is 1.40. The average molecular weight is 232 g/mol. The van der Waals surface area contributed by atoms with E-state index in [4.69, 9.17) is 0 Å². The van der Waals surface area contributed by atoms with Crippen molar-refractivity contribution in [1.29, 1.82) is 0 Å². The lowest BCUT2D eigenvalue weighted by Crippen LogP contribution is -2.02. The molecule has 0 unspecified atom stereocenters. The molecule has 0 aliphatic rings. The quantitative estimate of drug-likeness (QED) is 0.714. The van der Waals surface area contributed by atoms with E-state index in [1.807, 2.05) is 11.4 Å². The van der Waals surface area contributed by atoms with Gasteiger partial charge in [-0.15, -0.1) is 0 Å². The Bertz CT molecular complexity index is 587. The topological polar surface area (TPSA) is 79.4 Å². The van der Waals surface area contributed by atoms with Gasteiger partial charge in [0.05, 0.1) is 18.6 Å². The zero-order valence-corrected chi connectivity index (χ0v) is 9.03. The van der Waals surface area contributed by atoms with E-state index < -0.39 is 0 Å². The minimum absolute atomic E-state index is 0.647. The highest BCUT2D eigenvalue weighted by atomic mass is 32.1. The average Bonchev–Trinajstić information content (AvgIpc) is 2.97. The van der Waals surface area contributed by atoms with Crippen molar-refractivity contribution in [2.24, 2.45) is 0 Å². The summed E-state index contributed by atoms with van der Waals surface area (Å²) in [6.45, 7) is 0.647. The molecule has 0 atom stereocenters. The highest BCUT2D eigenvalue weighted by molar-refractivity contribution is 7.03. The second-order valence-corrected chi connectivity index (χ2v) is 3.83. The number of hydrogen-bond donors (Lipinski definition) is 2. The molecule has 0 fully saturated rings. The lowest BCUT2D eigenvalue weighted by molar-refractivity contribution is 1.06. The Balaban J connectivity index is 1.86. The third-order valence-electron chi connectivity index (χ3n) is 2.15. The van der Waals surface area contributed by atoms with Gasteiger partial charge in [-0.05, 0) is 17.6 Å². The molecule has 0 bridgehead atoms. The van der Waals surface area contributed by atoms with Crippen LogP contribution in [-0.2, 0) is 6.54 Å². The van der Waals surface area contributed by atoms with Crippen molar-refractivity contribution < 1.29 is 0 Å². The molecule has 0 radical (unpaired) electrons. The van der Waals surface area contributed by atoms with Gasteiger partial charge >= 0.3 is 0 Å². The van der Waals surface area contributed by atoms with Gasteiger partial charge in [0.15, 0.2) is 11.5 Å². The maximum Gasteiger partial charge on any atom is 0.182 e. The van der Waals surface area contributed by atoms with E-state index in [1.54, 1.807) is 6.33 Å². The molecule has 0 aliphatic heterocycles. The summed E-state index contributed by atoms with van der Waals surface area (Å²) in [5.41, 5.74) is 2.48. The molecule has 0 amide bonds. The molecule has 0 saturated heterocycles. The fourth-order valence-corrected chi connectivity index (χ4v) is 1.94. The monoisotopic (exact) mass is 232 g/mol. The van der Waals surface area contributed by atoms with Crippen molar-refractivity contribution in [1.82, 2.24) is 24.3 Å². The second kappa shape index (κ2) is 3.86. The summed E-state index contributed by atoms with van der Waals surface area (Å²) in [4.78, 5) is 15.3. The van der Waals surface area contributed by atoms with Gasteiger partial charge in [0.1, 0.15) is 11.8 Å². The van der Waals surface area contributed by atoms with Gasteiger partial charge in [-0.1, -0.05) is 0 Å². The van der Waals surface area contributed by atoms with E-state index in [2.05, 4.69) is 29.6 Å². The molecule has 3 rings (SSSR count). The zero-order chi connectivity index (χ0) is 10.8. The zero-order valence-electron chi connectivity index (χ0n) is 8.21. The summed E-state index contributed by atoms with van der Waals surface area (Å²) >= 11 is 1.44. The Kier molecular flexibility index (Phi) is 2.22. The lowest BCUT2D eigenvalue weighted by Gasteiger charge is -2.03. The maximum atomic E-state index is 4.21. The predicted molar refractivity (Wildman–Crippen MR) is 61.1 cm³/mol. The van der Waals surface area contributed by atoms with E-state index in [-0.39, 0.29) is 0 Å². The second-order valence-electron chi connectivity index (χ2n) is 3.17. The number of hydrogen-bond acceptors (Lipinski definition) is 6. The summed E-state index contributed by atoms with van der Waals surface area (Å²) in [5.74, 6) is 0.746. The van der Waals surface area contributed by atoms with Gasteiger partial charge < -0.3 is 10.3 Å². The van der Waals surface area contributed by atoms with Crippen LogP contribution in [0.3, 0.4) is 0 Å². The van der Waals surface area contributed by atoms with Crippen LogP contribution in [0.5, 0.6) is 0 Å². The third-order valence-corrected chi connectivity index (χ3v) is 2.75. The Morgan fingerprint density at radius 2 is 2.31 bits per heavy atom. The third kappa shape index (κ3) is 1.61. The maximum absolute atomic E-state index is 4.21. The first-order valence-corrected chi connectivity index (χ1v) is 5.54. The number of fused-ring (bicyclic) bond motifs is 1. The SMILES string of the molecule is c1nc(NCc2ccsn2)c2[nH]cnc2n1. The van der Waals surface area contributed by atoms with E-state index in [0.29, 0.717) is 12.2 Å². The largest absolute Gasteiger partial charge is 0.362 e. The lowest BCUT2D eigenvalue weighted by atomic mass is 10.4. The van der Waals surface area contributed by atoms with Gasteiger partial charge in [-0.2, -0.15) is 4.37 Å². The Morgan fingerprint density at radius 3 is 3.19 bits per heavy atom. The van der Waals surface area contributed by atoms with E-state index >= 15 is 0 Å². The summed E-state index contributed by atoms with van der Waals surface area (Å²) in [6.07, 6.45) is 3.10. The number of rotatable bonds is 3. The molecule has 3 aromatic rings. The van der Waals surface area contributed by atoms with Gasteiger partial charge in [0.2, 0.25) is 0 Å². The van der Waals surface area contributed by atoms with Gasteiger partial charge in [-0.3, -0.25) is 0 Å². The fraction of sp³-hybridized carbons (Fsp3) is 0.111. The normalized spacial score (nSPS) is 10.8. The number of anilines is 1. The smallest absolute Gasteiger partial charge is 0.182 e. The molecule has 0 spiro atoms. The van der Waals surface area contributed by atoms with E-state index in [0.717, 1.165) is 17.0 Å². The van der Waals surface area contributed by atoms with Crippen LogP contribution in [0.4, 0.5) is 5.82 Å². The molecule has 0 aliphatic carbocycles. The first-order chi connectivity index (χ1) is 7.93. The summed E-state index contributed by atoms with van der Waals surface area (Å²) < 4.78 is 4.21. The highest BCUT2D eigenvalue weighted by Gasteiger charge is 2.05. The molecule has 16 heavy (non-hydrogen) atoms. The molecule has 2 N–H and O–H groups in total. The van der Waals surface area contributed by atoms with Crippen LogP contribution in [-0.4, -0.2) is 24.3 Å². The van der Waals surface area contributed by atoms with E-state index in [1.165, 1.54) is 17.9 Å². The van der Waals surface area contributed by atoms with Crippen LogP contribution >= 0.6 is 11.5 Å². The molecule has 7 heteroatoms. The molecular weight excluding hydrogens is 224 g/mol. The van der Waals surface area contributed by atoms with Crippen molar-refractivity contribution in [2.75, 3.05) is 5.32 Å². The van der Waals surface area contributed by atoms with Crippen LogP contribution < -0.4 is 5.32 Å². The van der Waals surface area contributed by atoms with Crippen LogP contribution in [0.15, 0.2) is 24.1 Å². The Labute approximate surface area is 95.0 Å². The molecule has 0 saturated carbocycles. The molecule has 0 aromatic carbocycles. The van der Waals surface area contributed by atoms with Gasteiger partial charge in [0, 0.05) is 5.38 Å². The summed E-state index contributed by atoms with van der Waals surface area (Å²) in [7, 11) is 0. The molecule has 3 heterocycles. The molecule has 80 valence electrons. The molecule has 3 aromatic heterocycles. The minimum atomic E-state index is 0.647.